The van der Waals surface area contributed by atoms with Crippen molar-refractivity contribution >= 4 is 24.0 Å². The first-order chi connectivity index (χ1) is 9.52. The van der Waals surface area contributed by atoms with Gasteiger partial charge in [0, 0.05) is 25.2 Å². The molecule has 1 unspecified atom stereocenters. The molecule has 1 saturated heterocycles. The second kappa shape index (κ2) is 5.81. The summed E-state index contributed by atoms with van der Waals surface area (Å²) in [4.78, 5) is 23.9. The van der Waals surface area contributed by atoms with Gasteiger partial charge in [0.2, 0.25) is 5.91 Å². The van der Waals surface area contributed by atoms with Crippen molar-refractivity contribution in [1.29, 1.82) is 0 Å². The standard InChI is InChI=1S/C15H21N3O2.ClH/c1-10-7-13(19)18(2)9-12(10)17-14(20)11-8-15(11)3-5-16-6-4-15;/h7,9,11,16H,3-6,8H2,1-2H3,(H,17,20);1H. The highest BCUT2D eigenvalue weighted by Crippen LogP contribution is 2.58. The van der Waals surface area contributed by atoms with Crippen molar-refractivity contribution < 1.29 is 4.79 Å². The molecule has 1 spiro atoms. The Morgan fingerprint density at radius 1 is 1.43 bits per heavy atom. The van der Waals surface area contributed by atoms with E-state index in [1.54, 1.807) is 19.3 Å². The van der Waals surface area contributed by atoms with Gasteiger partial charge in [-0.3, -0.25) is 9.59 Å². The number of aryl methyl sites for hydroxylation is 2. The van der Waals surface area contributed by atoms with Gasteiger partial charge >= 0.3 is 0 Å². The van der Waals surface area contributed by atoms with Gasteiger partial charge in [-0.1, -0.05) is 0 Å². The maximum Gasteiger partial charge on any atom is 0.250 e. The molecule has 5 nitrogen and oxygen atoms in total. The van der Waals surface area contributed by atoms with Gasteiger partial charge in [-0.15, -0.1) is 12.4 Å². The lowest BCUT2D eigenvalue weighted by Crippen LogP contribution is -2.31. The van der Waals surface area contributed by atoms with E-state index < -0.39 is 0 Å². The molecule has 3 rings (SSSR count). The number of rotatable bonds is 2. The largest absolute Gasteiger partial charge is 0.324 e. The molecule has 1 aliphatic carbocycles. The minimum absolute atomic E-state index is 0. The van der Waals surface area contributed by atoms with Gasteiger partial charge < -0.3 is 15.2 Å². The minimum Gasteiger partial charge on any atom is -0.324 e. The zero-order chi connectivity index (χ0) is 14.3. The Morgan fingerprint density at radius 3 is 2.76 bits per heavy atom. The Morgan fingerprint density at radius 2 is 2.10 bits per heavy atom. The second-order valence-corrected chi connectivity index (χ2v) is 6.18. The number of hydrogen-bond acceptors (Lipinski definition) is 3. The number of nitrogens with one attached hydrogen (secondary N) is 2. The van der Waals surface area contributed by atoms with Crippen molar-refractivity contribution in [3.63, 3.8) is 0 Å². The van der Waals surface area contributed by atoms with Crippen LogP contribution in [0.5, 0.6) is 0 Å². The molecule has 2 heterocycles. The third-order valence-corrected chi connectivity index (χ3v) is 4.80. The van der Waals surface area contributed by atoms with E-state index in [0.717, 1.165) is 43.6 Å². The van der Waals surface area contributed by atoms with E-state index in [-0.39, 0.29) is 35.2 Å². The molecule has 1 aromatic heterocycles. The number of carbonyl (C=O) groups is 1. The number of aromatic nitrogens is 1. The first-order valence-electron chi connectivity index (χ1n) is 7.21. The predicted molar refractivity (Wildman–Crippen MR) is 84.9 cm³/mol. The first kappa shape index (κ1) is 16.0. The zero-order valence-electron chi connectivity index (χ0n) is 12.4. The van der Waals surface area contributed by atoms with E-state index in [9.17, 15) is 9.59 Å². The second-order valence-electron chi connectivity index (χ2n) is 6.18. The molecule has 0 bridgehead atoms. The summed E-state index contributed by atoms with van der Waals surface area (Å²) in [7, 11) is 1.70. The number of piperidine rings is 1. The van der Waals surface area contributed by atoms with Gasteiger partial charge in [-0.2, -0.15) is 0 Å². The number of halogens is 1. The number of hydrogen-bond donors (Lipinski definition) is 2. The fourth-order valence-corrected chi connectivity index (χ4v) is 3.27. The Labute approximate surface area is 130 Å². The SMILES string of the molecule is Cc1cc(=O)n(C)cc1NC(=O)C1CC12CCNCC2.Cl. The van der Waals surface area contributed by atoms with Crippen LogP contribution in [0, 0.1) is 18.3 Å². The molecule has 1 aromatic rings. The van der Waals surface area contributed by atoms with E-state index >= 15 is 0 Å². The van der Waals surface area contributed by atoms with Crippen LogP contribution in [0.15, 0.2) is 17.1 Å². The summed E-state index contributed by atoms with van der Waals surface area (Å²) in [6.07, 6.45) is 4.90. The highest BCUT2D eigenvalue weighted by Gasteiger charge is 2.57. The number of anilines is 1. The van der Waals surface area contributed by atoms with E-state index in [2.05, 4.69) is 10.6 Å². The molecule has 2 aliphatic rings. The summed E-state index contributed by atoms with van der Waals surface area (Å²) in [6, 6.07) is 1.56. The van der Waals surface area contributed by atoms with Gasteiger partial charge in [0.25, 0.3) is 5.56 Å². The van der Waals surface area contributed by atoms with E-state index in [4.69, 9.17) is 0 Å². The first-order valence-corrected chi connectivity index (χ1v) is 7.21. The molecule has 1 aliphatic heterocycles. The van der Waals surface area contributed by atoms with Crippen LogP contribution < -0.4 is 16.2 Å². The maximum absolute atomic E-state index is 12.4. The van der Waals surface area contributed by atoms with Crippen LogP contribution in [0.2, 0.25) is 0 Å². The van der Waals surface area contributed by atoms with E-state index in [1.165, 1.54) is 4.57 Å². The average Bonchev–Trinajstić information content (AvgIpc) is 3.10. The van der Waals surface area contributed by atoms with Crippen LogP contribution in [0.4, 0.5) is 5.69 Å². The molecule has 1 amide bonds. The predicted octanol–water partition coefficient (Wildman–Crippen LogP) is 1.44. The van der Waals surface area contributed by atoms with Crippen molar-refractivity contribution in [1.82, 2.24) is 9.88 Å². The molecule has 6 heteroatoms. The summed E-state index contributed by atoms with van der Waals surface area (Å²) in [6.45, 7) is 3.88. The van der Waals surface area contributed by atoms with Gasteiger partial charge in [0.15, 0.2) is 0 Å². The number of carbonyl (C=O) groups excluding carboxylic acids is 1. The number of nitrogens with zero attached hydrogens (tertiary/aromatic N) is 1. The normalized spacial score (nSPS) is 22.5. The van der Waals surface area contributed by atoms with Crippen LogP contribution in [0.1, 0.15) is 24.8 Å². The van der Waals surface area contributed by atoms with Crippen LogP contribution in [0.3, 0.4) is 0 Å². The van der Waals surface area contributed by atoms with Gasteiger partial charge in [-0.25, -0.2) is 0 Å². The maximum atomic E-state index is 12.4. The molecular formula is C15H22ClN3O2. The van der Waals surface area contributed by atoms with Gasteiger partial charge in [-0.05, 0) is 50.3 Å². The summed E-state index contributed by atoms with van der Waals surface area (Å²) in [5, 5.41) is 6.34. The highest BCUT2D eigenvalue weighted by molar-refractivity contribution is 5.95. The molecular weight excluding hydrogens is 290 g/mol. The summed E-state index contributed by atoms with van der Waals surface area (Å²) in [5.41, 5.74) is 1.75. The summed E-state index contributed by atoms with van der Waals surface area (Å²) in [5.74, 6) is 0.245. The molecule has 0 aromatic carbocycles. The third-order valence-electron chi connectivity index (χ3n) is 4.80. The third kappa shape index (κ3) is 2.99. The molecule has 116 valence electrons. The Balaban J connectivity index is 0.00000161. The van der Waals surface area contributed by atoms with Crippen LogP contribution >= 0.6 is 12.4 Å². The number of pyridine rings is 1. The Bertz CT molecular complexity index is 605. The molecule has 2 N–H and O–H groups in total. The highest BCUT2D eigenvalue weighted by atomic mass is 35.5. The molecule has 21 heavy (non-hydrogen) atoms. The molecule has 1 saturated carbocycles. The molecule has 2 fully saturated rings. The fraction of sp³-hybridized carbons (Fsp3) is 0.600. The fourth-order valence-electron chi connectivity index (χ4n) is 3.27. The van der Waals surface area contributed by atoms with Gasteiger partial charge in [0.1, 0.15) is 0 Å². The van der Waals surface area contributed by atoms with Crippen LogP contribution in [-0.2, 0) is 11.8 Å². The van der Waals surface area contributed by atoms with Crippen LogP contribution in [-0.4, -0.2) is 23.6 Å². The lowest BCUT2D eigenvalue weighted by molar-refractivity contribution is -0.118. The average molecular weight is 312 g/mol. The summed E-state index contributed by atoms with van der Waals surface area (Å²) < 4.78 is 1.50. The minimum atomic E-state index is -0.0539. The van der Waals surface area contributed by atoms with Crippen molar-refractivity contribution in [2.45, 2.75) is 26.2 Å². The molecule has 1 atom stereocenters. The van der Waals surface area contributed by atoms with Crippen LogP contribution in [0.25, 0.3) is 0 Å². The number of amides is 1. The monoisotopic (exact) mass is 311 g/mol. The van der Waals surface area contributed by atoms with Crippen molar-refractivity contribution in [3.8, 4) is 0 Å². The Hall–Kier alpha value is -1.33. The summed E-state index contributed by atoms with van der Waals surface area (Å²) >= 11 is 0. The lowest BCUT2D eigenvalue weighted by atomic mass is 9.92. The molecule has 0 radical (unpaired) electrons. The van der Waals surface area contributed by atoms with Crippen molar-refractivity contribution in [2.24, 2.45) is 18.4 Å². The quantitative estimate of drug-likeness (QED) is 0.869. The van der Waals surface area contributed by atoms with Gasteiger partial charge in [0.05, 0.1) is 5.69 Å². The Kier molecular flexibility index (Phi) is 4.44. The van der Waals surface area contributed by atoms with Crippen molar-refractivity contribution in [2.75, 3.05) is 18.4 Å². The van der Waals surface area contributed by atoms with E-state index in [0.29, 0.717) is 0 Å². The van der Waals surface area contributed by atoms with E-state index in [1.807, 2.05) is 6.92 Å². The zero-order valence-corrected chi connectivity index (χ0v) is 13.3. The van der Waals surface area contributed by atoms with Crippen molar-refractivity contribution in [3.05, 3.63) is 28.2 Å². The topological polar surface area (TPSA) is 63.1 Å². The lowest BCUT2D eigenvalue weighted by Gasteiger charge is -2.23. The smallest absolute Gasteiger partial charge is 0.250 e.